The summed E-state index contributed by atoms with van der Waals surface area (Å²) in [7, 11) is -3.48. The van der Waals surface area contributed by atoms with Gasteiger partial charge in [-0.15, -0.1) is 0 Å². The first-order valence-electron chi connectivity index (χ1n) is 8.25. The molecule has 3 atom stereocenters. The van der Waals surface area contributed by atoms with E-state index in [4.69, 9.17) is 0 Å². The third kappa shape index (κ3) is 2.48. The van der Waals surface area contributed by atoms with Gasteiger partial charge >= 0.3 is 6.03 Å². The lowest BCUT2D eigenvalue weighted by Crippen LogP contribution is -2.48. The molecule has 136 valence electrons. The number of hydrogen-bond acceptors (Lipinski definition) is 5. The summed E-state index contributed by atoms with van der Waals surface area (Å²) >= 11 is 0. The predicted molar refractivity (Wildman–Crippen MR) is 95.1 cm³/mol. The van der Waals surface area contributed by atoms with E-state index in [-0.39, 0.29) is 0 Å². The molecule has 2 N–H and O–H groups in total. The number of aliphatic hydroxyl groups is 1. The molecule has 2 saturated heterocycles. The van der Waals surface area contributed by atoms with Gasteiger partial charge in [0.25, 0.3) is 5.91 Å². The summed E-state index contributed by atoms with van der Waals surface area (Å²) in [4.78, 5) is 26.4. The number of carbonyl (C=O) groups is 2. The SMILES string of the molecule is C[C@@]1(c2ccc3ccccc3c2)NC(=O)N([C@H]2CS(=O)(=O)C[C@@H]2O)C1=O. The number of aliphatic hydroxyl groups excluding tert-OH is 1. The zero-order valence-electron chi connectivity index (χ0n) is 14.0. The molecule has 2 aromatic carbocycles. The Balaban J connectivity index is 1.73. The maximum Gasteiger partial charge on any atom is 0.325 e. The van der Waals surface area contributed by atoms with Gasteiger partial charge in [-0.05, 0) is 29.3 Å². The number of hydrogen-bond donors (Lipinski definition) is 2. The Bertz CT molecular complexity index is 1030. The Morgan fingerprint density at radius 3 is 2.46 bits per heavy atom. The highest BCUT2D eigenvalue weighted by atomic mass is 32.2. The Morgan fingerprint density at radius 2 is 1.81 bits per heavy atom. The third-order valence-electron chi connectivity index (χ3n) is 5.17. The number of nitrogens with one attached hydrogen (secondary N) is 1. The van der Waals surface area contributed by atoms with E-state index >= 15 is 0 Å². The van der Waals surface area contributed by atoms with Gasteiger partial charge in [-0.3, -0.25) is 9.69 Å². The molecule has 0 aromatic heterocycles. The molecule has 2 aliphatic heterocycles. The van der Waals surface area contributed by atoms with Crippen molar-refractivity contribution in [2.75, 3.05) is 11.5 Å². The fourth-order valence-electron chi connectivity index (χ4n) is 3.72. The van der Waals surface area contributed by atoms with Crippen molar-refractivity contribution in [2.24, 2.45) is 0 Å². The molecule has 26 heavy (non-hydrogen) atoms. The summed E-state index contributed by atoms with van der Waals surface area (Å²) in [5.74, 6) is -1.42. The number of imide groups is 1. The van der Waals surface area contributed by atoms with Gasteiger partial charge in [-0.2, -0.15) is 0 Å². The van der Waals surface area contributed by atoms with Crippen LogP contribution < -0.4 is 5.32 Å². The summed E-state index contributed by atoms with van der Waals surface area (Å²) < 4.78 is 23.5. The van der Waals surface area contributed by atoms with E-state index in [1.165, 1.54) is 0 Å². The number of urea groups is 1. The van der Waals surface area contributed by atoms with E-state index in [2.05, 4.69) is 5.32 Å². The standard InChI is InChI=1S/C18H18N2O5S/c1-18(13-7-6-11-4-2-3-5-12(11)8-13)16(22)20(17(23)19-18)14-9-26(24,25)10-15(14)21/h2-8,14-15,21H,9-10H2,1H3,(H,19,23)/t14-,15-,18-/m0/s1. The first kappa shape index (κ1) is 17.0. The van der Waals surface area contributed by atoms with Crippen molar-refractivity contribution in [1.29, 1.82) is 0 Å². The monoisotopic (exact) mass is 374 g/mol. The van der Waals surface area contributed by atoms with E-state index in [9.17, 15) is 23.1 Å². The van der Waals surface area contributed by atoms with Crippen LogP contribution in [-0.4, -0.2) is 54.0 Å². The molecule has 0 spiro atoms. The maximum atomic E-state index is 13.1. The molecule has 0 radical (unpaired) electrons. The summed E-state index contributed by atoms with van der Waals surface area (Å²) in [5, 5.41) is 14.6. The summed E-state index contributed by atoms with van der Waals surface area (Å²) in [6.45, 7) is 1.59. The zero-order chi connectivity index (χ0) is 18.7. The van der Waals surface area contributed by atoms with Gasteiger partial charge in [0.15, 0.2) is 9.84 Å². The second-order valence-corrected chi connectivity index (χ2v) is 9.16. The lowest BCUT2D eigenvalue weighted by molar-refractivity contribution is -0.133. The molecular formula is C18H18N2O5S. The first-order valence-corrected chi connectivity index (χ1v) is 10.1. The Hall–Kier alpha value is -2.45. The number of carbonyl (C=O) groups excluding carboxylic acids is 2. The quantitative estimate of drug-likeness (QED) is 0.756. The van der Waals surface area contributed by atoms with Crippen LogP contribution in [0.1, 0.15) is 12.5 Å². The van der Waals surface area contributed by atoms with Gasteiger partial charge < -0.3 is 10.4 Å². The largest absolute Gasteiger partial charge is 0.390 e. The van der Waals surface area contributed by atoms with Crippen LogP contribution in [0.25, 0.3) is 10.8 Å². The van der Waals surface area contributed by atoms with Crippen LogP contribution in [0, 0.1) is 0 Å². The van der Waals surface area contributed by atoms with E-state index in [0.717, 1.165) is 15.7 Å². The highest BCUT2D eigenvalue weighted by Crippen LogP contribution is 2.34. The van der Waals surface area contributed by atoms with Crippen LogP contribution in [-0.2, 0) is 20.2 Å². The van der Waals surface area contributed by atoms with Gasteiger partial charge in [0.2, 0.25) is 0 Å². The van der Waals surface area contributed by atoms with Gasteiger partial charge in [-0.25, -0.2) is 13.2 Å². The molecule has 0 aliphatic carbocycles. The zero-order valence-corrected chi connectivity index (χ0v) is 14.9. The topological polar surface area (TPSA) is 104 Å². The lowest BCUT2D eigenvalue weighted by Gasteiger charge is -2.26. The van der Waals surface area contributed by atoms with Crippen LogP contribution >= 0.6 is 0 Å². The van der Waals surface area contributed by atoms with Crippen molar-refractivity contribution in [3.05, 3.63) is 48.0 Å². The highest BCUT2D eigenvalue weighted by Gasteiger charge is 2.55. The van der Waals surface area contributed by atoms with Gasteiger partial charge in [0.05, 0.1) is 23.7 Å². The highest BCUT2D eigenvalue weighted by molar-refractivity contribution is 7.91. The fraction of sp³-hybridized carbons (Fsp3) is 0.333. The van der Waals surface area contributed by atoms with Gasteiger partial charge in [0.1, 0.15) is 5.54 Å². The average Bonchev–Trinajstić information content (AvgIpc) is 2.98. The summed E-state index contributed by atoms with van der Waals surface area (Å²) in [6.07, 6.45) is -1.27. The van der Waals surface area contributed by atoms with E-state index in [0.29, 0.717) is 5.56 Å². The summed E-state index contributed by atoms with van der Waals surface area (Å²) in [5.41, 5.74) is -0.708. The molecule has 2 heterocycles. The van der Waals surface area contributed by atoms with Crippen LogP contribution in [0.2, 0.25) is 0 Å². The lowest BCUT2D eigenvalue weighted by atomic mass is 9.90. The van der Waals surface area contributed by atoms with Crippen molar-refractivity contribution in [2.45, 2.75) is 24.6 Å². The van der Waals surface area contributed by atoms with Crippen LogP contribution in [0.5, 0.6) is 0 Å². The second kappa shape index (κ2) is 5.52. The van der Waals surface area contributed by atoms with E-state index in [1.54, 1.807) is 13.0 Å². The number of rotatable bonds is 2. The van der Waals surface area contributed by atoms with Crippen LogP contribution in [0.15, 0.2) is 42.5 Å². The fourth-order valence-corrected chi connectivity index (χ4v) is 5.49. The van der Waals surface area contributed by atoms with Crippen molar-refractivity contribution in [3.63, 3.8) is 0 Å². The normalized spacial score (nSPS) is 30.8. The summed E-state index contributed by atoms with van der Waals surface area (Å²) in [6, 6.07) is 11.4. The van der Waals surface area contributed by atoms with Gasteiger partial charge in [0, 0.05) is 0 Å². The second-order valence-electron chi connectivity index (χ2n) is 7.00. The minimum Gasteiger partial charge on any atom is -0.390 e. The Morgan fingerprint density at radius 1 is 1.12 bits per heavy atom. The molecular weight excluding hydrogens is 356 g/mol. The molecule has 4 rings (SSSR count). The number of sulfone groups is 1. The average molecular weight is 374 g/mol. The third-order valence-corrected chi connectivity index (χ3v) is 6.87. The minimum atomic E-state index is -3.48. The van der Waals surface area contributed by atoms with Crippen molar-refractivity contribution in [3.8, 4) is 0 Å². The molecule has 2 fully saturated rings. The molecule has 2 aliphatic rings. The van der Waals surface area contributed by atoms with Crippen molar-refractivity contribution < 1.29 is 23.1 Å². The number of amides is 3. The van der Waals surface area contributed by atoms with Gasteiger partial charge in [-0.1, -0.05) is 36.4 Å². The predicted octanol–water partition coefficient (Wildman–Crippen LogP) is 0.765. The molecule has 2 aromatic rings. The molecule has 3 amide bonds. The van der Waals surface area contributed by atoms with Crippen LogP contribution in [0.3, 0.4) is 0 Å². The van der Waals surface area contributed by atoms with E-state index < -0.39 is 51.0 Å². The molecule has 7 nitrogen and oxygen atoms in total. The minimum absolute atomic E-state index is 0.416. The van der Waals surface area contributed by atoms with Crippen LogP contribution in [0.4, 0.5) is 4.79 Å². The number of nitrogens with zero attached hydrogens (tertiary/aromatic N) is 1. The Kier molecular flexibility index (Phi) is 3.61. The van der Waals surface area contributed by atoms with Crippen molar-refractivity contribution >= 4 is 32.5 Å². The Labute approximate surface area is 150 Å². The molecule has 0 bridgehead atoms. The van der Waals surface area contributed by atoms with Crippen molar-refractivity contribution in [1.82, 2.24) is 10.2 Å². The molecule has 8 heteroatoms. The van der Waals surface area contributed by atoms with E-state index in [1.807, 2.05) is 36.4 Å². The smallest absolute Gasteiger partial charge is 0.325 e. The number of fused-ring (bicyclic) bond motifs is 1. The first-order chi connectivity index (χ1) is 12.2. The molecule has 0 saturated carbocycles. The molecule has 0 unspecified atom stereocenters. The maximum absolute atomic E-state index is 13.1. The number of benzene rings is 2.